The molecule has 0 aromatic heterocycles. The van der Waals surface area contributed by atoms with E-state index < -0.39 is 0 Å². The number of allylic oxidation sites excluding steroid dienone is 8. The van der Waals surface area contributed by atoms with Crippen LogP contribution >= 0.6 is 0 Å². The summed E-state index contributed by atoms with van der Waals surface area (Å²) in [4.78, 5) is 0. The Kier molecular flexibility index (Phi) is 1.96. The highest BCUT2D eigenvalue weighted by Gasteiger charge is 1.98. The average molecular weight is 154 g/mol. The van der Waals surface area contributed by atoms with Gasteiger partial charge in [0.05, 0.1) is 5.92 Å². The van der Waals surface area contributed by atoms with Crippen LogP contribution in [0.2, 0.25) is 0 Å². The van der Waals surface area contributed by atoms with Gasteiger partial charge in [0.2, 0.25) is 0 Å². The van der Waals surface area contributed by atoms with Crippen LogP contribution < -0.4 is 0 Å². The van der Waals surface area contributed by atoms with Crippen LogP contribution in [0.3, 0.4) is 0 Å². The maximum atomic E-state index is 3.19. The van der Waals surface area contributed by atoms with Crippen molar-refractivity contribution in [3.05, 3.63) is 48.1 Å². The molecule has 58 valence electrons. The van der Waals surface area contributed by atoms with Crippen LogP contribution in [0.25, 0.3) is 0 Å². The summed E-state index contributed by atoms with van der Waals surface area (Å²) in [7, 11) is 0. The number of hydrogen-bond donors (Lipinski definition) is 0. The molecule has 2 aliphatic carbocycles. The van der Waals surface area contributed by atoms with Crippen molar-refractivity contribution in [3.8, 4) is 11.8 Å². The number of hydrogen-bond acceptors (Lipinski definition) is 0. The van der Waals surface area contributed by atoms with Gasteiger partial charge in [-0.05, 0) is 6.42 Å². The summed E-state index contributed by atoms with van der Waals surface area (Å²) < 4.78 is 0. The summed E-state index contributed by atoms with van der Waals surface area (Å²) in [6.45, 7) is 0. The molecule has 0 nitrogen and oxygen atoms in total. The Bertz CT molecular complexity index is 328. The molecular weight excluding hydrogens is 144 g/mol. The Morgan fingerprint density at radius 2 is 2.00 bits per heavy atom. The zero-order chi connectivity index (χ0) is 8.23. The summed E-state index contributed by atoms with van der Waals surface area (Å²) in [6.07, 6.45) is 15.6. The van der Waals surface area contributed by atoms with E-state index in [-0.39, 0.29) is 0 Å². The first-order valence-corrected chi connectivity index (χ1v) is 4.17. The molecule has 0 amide bonds. The van der Waals surface area contributed by atoms with Crippen molar-refractivity contribution in [2.24, 2.45) is 5.92 Å². The second-order valence-corrected chi connectivity index (χ2v) is 2.89. The van der Waals surface area contributed by atoms with Crippen molar-refractivity contribution in [1.29, 1.82) is 0 Å². The van der Waals surface area contributed by atoms with Crippen molar-refractivity contribution in [2.75, 3.05) is 0 Å². The molecule has 0 unspecified atom stereocenters. The van der Waals surface area contributed by atoms with Gasteiger partial charge in [-0.2, -0.15) is 0 Å². The van der Waals surface area contributed by atoms with E-state index in [2.05, 4.69) is 42.2 Å². The Morgan fingerprint density at radius 3 is 2.67 bits per heavy atom. The minimum absolute atomic E-state index is 0.339. The van der Waals surface area contributed by atoms with E-state index in [1.54, 1.807) is 0 Å². The van der Waals surface area contributed by atoms with Crippen LogP contribution in [0.4, 0.5) is 0 Å². The van der Waals surface area contributed by atoms with Gasteiger partial charge in [0.15, 0.2) is 0 Å². The third-order valence-corrected chi connectivity index (χ3v) is 1.92. The van der Waals surface area contributed by atoms with E-state index in [1.165, 1.54) is 5.57 Å². The molecule has 0 heterocycles. The van der Waals surface area contributed by atoms with Crippen molar-refractivity contribution in [3.63, 3.8) is 0 Å². The van der Waals surface area contributed by atoms with Gasteiger partial charge in [-0.3, -0.25) is 0 Å². The van der Waals surface area contributed by atoms with Gasteiger partial charge in [-0.1, -0.05) is 54.4 Å². The largest absolute Gasteiger partial charge is 0.0864 e. The molecule has 0 aromatic carbocycles. The van der Waals surface area contributed by atoms with Crippen molar-refractivity contribution in [1.82, 2.24) is 0 Å². The van der Waals surface area contributed by atoms with E-state index in [4.69, 9.17) is 0 Å². The Balaban J connectivity index is 2.01. The normalized spacial score (nSPS) is 19.5. The summed E-state index contributed by atoms with van der Waals surface area (Å²) in [5.74, 6) is 6.70. The molecule has 0 bridgehead atoms. The second-order valence-electron chi connectivity index (χ2n) is 2.89. The SMILES string of the molecule is C(#CC1C=CC=C1)C1=CC=CC1. The zero-order valence-electron chi connectivity index (χ0n) is 6.83. The van der Waals surface area contributed by atoms with Gasteiger partial charge in [0.1, 0.15) is 0 Å². The minimum atomic E-state index is 0.339. The van der Waals surface area contributed by atoms with E-state index in [0.717, 1.165) is 6.42 Å². The zero-order valence-corrected chi connectivity index (χ0v) is 6.83. The topological polar surface area (TPSA) is 0 Å². The monoisotopic (exact) mass is 154 g/mol. The van der Waals surface area contributed by atoms with Crippen molar-refractivity contribution < 1.29 is 0 Å². The van der Waals surface area contributed by atoms with Crippen LogP contribution in [0.5, 0.6) is 0 Å². The number of rotatable bonds is 0. The maximum absolute atomic E-state index is 3.19. The first-order valence-electron chi connectivity index (χ1n) is 4.17. The van der Waals surface area contributed by atoms with E-state index in [9.17, 15) is 0 Å². The summed E-state index contributed by atoms with van der Waals surface area (Å²) >= 11 is 0. The third kappa shape index (κ3) is 1.57. The Labute approximate surface area is 73.0 Å². The predicted octanol–water partition coefficient (Wildman–Crippen LogP) is 2.62. The van der Waals surface area contributed by atoms with Crippen molar-refractivity contribution in [2.45, 2.75) is 6.42 Å². The molecule has 12 heavy (non-hydrogen) atoms. The highest BCUT2D eigenvalue weighted by molar-refractivity contribution is 5.40. The summed E-state index contributed by atoms with van der Waals surface area (Å²) in [5.41, 5.74) is 1.23. The smallest absolute Gasteiger partial charge is 0.0573 e. The molecule has 0 spiro atoms. The standard InChI is InChI=1S/C12H10/c1-2-6-11(5-1)9-10-12-7-3-4-8-12/h1-7,11H,8H2. The van der Waals surface area contributed by atoms with Gasteiger partial charge in [0, 0.05) is 5.57 Å². The molecule has 0 aromatic rings. The lowest BCUT2D eigenvalue weighted by Gasteiger charge is -1.90. The van der Waals surface area contributed by atoms with Gasteiger partial charge in [-0.25, -0.2) is 0 Å². The molecule has 0 radical (unpaired) electrons. The molecule has 0 aliphatic heterocycles. The lowest BCUT2D eigenvalue weighted by atomic mass is 10.1. The van der Waals surface area contributed by atoms with Gasteiger partial charge in [0.25, 0.3) is 0 Å². The highest BCUT2D eigenvalue weighted by Crippen LogP contribution is 2.11. The third-order valence-electron chi connectivity index (χ3n) is 1.92. The highest BCUT2D eigenvalue weighted by atomic mass is 14.0. The van der Waals surface area contributed by atoms with Gasteiger partial charge < -0.3 is 0 Å². The molecule has 0 N–H and O–H groups in total. The minimum Gasteiger partial charge on any atom is -0.0864 e. The molecule has 2 aliphatic rings. The molecule has 0 heteroatoms. The summed E-state index contributed by atoms with van der Waals surface area (Å²) in [6, 6.07) is 0. The van der Waals surface area contributed by atoms with Crippen LogP contribution in [0.15, 0.2) is 48.1 Å². The molecule has 0 atom stereocenters. The molecular formula is C12H10. The van der Waals surface area contributed by atoms with Gasteiger partial charge >= 0.3 is 0 Å². The van der Waals surface area contributed by atoms with E-state index >= 15 is 0 Å². The predicted molar refractivity (Wildman–Crippen MR) is 51.4 cm³/mol. The fourth-order valence-corrected chi connectivity index (χ4v) is 1.24. The second kappa shape index (κ2) is 3.28. The lowest BCUT2D eigenvalue weighted by Crippen LogP contribution is -1.81. The lowest BCUT2D eigenvalue weighted by molar-refractivity contribution is 1.14. The maximum Gasteiger partial charge on any atom is 0.0573 e. The van der Waals surface area contributed by atoms with Gasteiger partial charge in [-0.15, -0.1) is 0 Å². The molecule has 2 rings (SSSR count). The van der Waals surface area contributed by atoms with Crippen LogP contribution in [0.1, 0.15) is 6.42 Å². The van der Waals surface area contributed by atoms with Crippen molar-refractivity contribution >= 4 is 0 Å². The quantitative estimate of drug-likeness (QED) is 0.470. The summed E-state index contributed by atoms with van der Waals surface area (Å²) in [5, 5.41) is 0. The fourth-order valence-electron chi connectivity index (χ4n) is 1.24. The molecule has 0 fully saturated rings. The Hall–Kier alpha value is -1.48. The first-order chi connectivity index (χ1) is 5.95. The van der Waals surface area contributed by atoms with Crippen LogP contribution in [-0.2, 0) is 0 Å². The van der Waals surface area contributed by atoms with E-state index in [0.29, 0.717) is 5.92 Å². The van der Waals surface area contributed by atoms with Crippen LogP contribution in [0, 0.1) is 17.8 Å². The van der Waals surface area contributed by atoms with Crippen LogP contribution in [-0.4, -0.2) is 0 Å². The Morgan fingerprint density at radius 1 is 1.17 bits per heavy atom. The van der Waals surface area contributed by atoms with E-state index in [1.807, 2.05) is 12.2 Å². The molecule has 0 saturated carbocycles. The molecule has 0 saturated heterocycles. The first kappa shape index (κ1) is 7.18. The fraction of sp³-hybridized carbons (Fsp3) is 0.167. The average Bonchev–Trinajstić information content (AvgIpc) is 2.74.